The molecule has 0 aliphatic heterocycles. The van der Waals surface area contributed by atoms with Gasteiger partial charge >= 0.3 is 0 Å². The van der Waals surface area contributed by atoms with E-state index >= 15 is 0 Å². The minimum Gasteiger partial charge on any atom is -0.497 e. The van der Waals surface area contributed by atoms with Crippen LogP contribution in [0, 0.1) is 0 Å². The maximum absolute atomic E-state index is 12.6. The molecule has 0 saturated heterocycles. The molecule has 1 amide bonds. The van der Waals surface area contributed by atoms with Crippen LogP contribution in [0.5, 0.6) is 5.75 Å². The fraction of sp³-hybridized carbons (Fsp3) is 0.227. The van der Waals surface area contributed by atoms with Gasteiger partial charge in [-0.15, -0.1) is 16.4 Å². The second-order valence-electron chi connectivity index (χ2n) is 6.82. The van der Waals surface area contributed by atoms with Crippen LogP contribution in [0.1, 0.15) is 28.6 Å². The molecule has 0 aliphatic carbocycles. The van der Waals surface area contributed by atoms with E-state index in [4.69, 9.17) is 4.74 Å². The van der Waals surface area contributed by atoms with Crippen LogP contribution in [-0.4, -0.2) is 34.2 Å². The number of anilines is 1. The predicted molar refractivity (Wildman–Crippen MR) is 119 cm³/mol. The first-order valence-corrected chi connectivity index (χ1v) is 10.6. The van der Waals surface area contributed by atoms with Crippen LogP contribution < -0.4 is 15.4 Å². The third-order valence-electron chi connectivity index (χ3n) is 4.61. The molecule has 154 valence electrons. The number of fused-ring (bicyclic) bond motifs is 1. The van der Waals surface area contributed by atoms with E-state index in [1.807, 2.05) is 54.0 Å². The fourth-order valence-electron chi connectivity index (χ4n) is 3.02. The summed E-state index contributed by atoms with van der Waals surface area (Å²) in [5.41, 5.74) is 3.73. The van der Waals surface area contributed by atoms with E-state index in [0.29, 0.717) is 17.4 Å². The number of thiophene rings is 1. The van der Waals surface area contributed by atoms with Gasteiger partial charge in [-0.3, -0.25) is 4.79 Å². The number of carbonyl (C=O) groups is 1. The van der Waals surface area contributed by atoms with Gasteiger partial charge in [-0.05, 0) is 53.3 Å². The lowest BCUT2D eigenvalue weighted by atomic mass is 10.1. The van der Waals surface area contributed by atoms with Crippen molar-refractivity contribution in [2.24, 2.45) is 0 Å². The van der Waals surface area contributed by atoms with E-state index in [1.165, 1.54) is 11.3 Å². The highest BCUT2D eigenvalue weighted by Gasteiger charge is 2.12. The van der Waals surface area contributed by atoms with Crippen LogP contribution in [0.3, 0.4) is 0 Å². The summed E-state index contributed by atoms with van der Waals surface area (Å²) in [6.07, 6.45) is 2.94. The van der Waals surface area contributed by atoms with Crippen molar-refractivity contribution >= 4 is 28.8 Å². The zero-order chi connectivity index (χ0) is 20.9. The number of aromatic nitrogens is 3. The number of carbonyl (C=O) groups excluding carboxylic acids is 1. The van der Waals surface area contributed by atoms with Gasteiger partial charge < -0.3 is 15.4 Å². The Kier molecular flexibility index (Phi) is 5.94. The van der Waals surface area contributed by atoms with Gasteiger partial charge in [-0.1, -0.05) is 19.1 Å². The molecule has 1 aromatic carbocycles. The summed E-state index contributed by atoms with van der Waals surface area (Å²) < 4.78 is 6.98. The normalized spacial score (nSPS) is 10.9. The number of pyridine rings is 1. The van der Waals surface area contributed by atoms with E-state index in [-0.39, 0.29) is 5.91 Å². The second-order valence-corrected chi connectivity index (χ2v) is 7.73. The standard InChI is InChI=1S/C22H23N5O2S/c1-3-9-23-22-25-20-8-7-16(13-27(20)26-22)17-11-19(30-14-17)21(28)24-12-15-5-4-6-18(10-15)29-2/h4-8,10-11,13-14H,3,9,12H2,1-2H3,(H,23,26)(H,24,28). The molecule has 0 aliphatic rings. The summed E-state index contributed by atoms with van der Waals surface area (Å²) in [6, 6.07) is 13.5. The van der Waals surface area contributed by atoms with Crippen LogP contribution >= 0.6 is 11.3 Å². The topological polar surface area (TPSA) is 80.5 Å². The number of methoxy groups -OCH3 is 1. The molecule has 0 saturated carbocycles. The summed E-state index contributed by atoms with van der Waals surface area (Å²) in [4.78, 5) is 17.7. The third kappa shape index (κ3) is 4.44. The van der Waals surface area contributed by atoms with Crippen molar-refractivity contribution in [1.82, 2.24) is 19.9 Å². The molecule has 2 N–H and O–H groups in total. The zero-order valence-electron chi connectivity index (χ0n) is 16.9. The Labute approximate surface area is 178 Å². The SMILES string of the molecule is CCCNc1nc2ccc(-c3csc(C(=O)NCc4cccc(OC)c4)c3)cn2n1. The van der Waals surface area contributed by atoms with Crippen molar-refractivity contribution in [2.45, 2.75) is 19.9 Å². The molecular formula is C22H23N5O2S. The van der Waals surface area contributed by atoms with Gasteiger partial charge in [-0.25, -0.2) is 4.52 Å². The van der Waals surface area contributed by atoms with Crippen molar-refractivity contribution in [3.8, 4) is 16.9 Å². The van der Waals surface area contributed by atoms with Gasteiger partial charge in [0.05, 0.1) is 12.0 Å². The lowest BCUT2D eigenvalue weighted by Gasteiger charge is -2.06. The molecule has 4 rings (SSSR count). The van der Waals surface area contributed by atoms with Gasteiger partial charge in [0.1, 0.15) is 5.75 Å². The number of rotatable bonds is 8. The molecule has 0 radical (unpaired) electrons. The van der Waals surface area contributed by atoms with Crippen molar-refractivity contribution in [1.29, 1.82) is 0 Å². The van der Waals surface area contributed by atoms with Crippen LogP contribution in [0.4, 0.5) is 5.95 Å². The van der Waals surface area contributed by atoms with E-state index in [2.05, 4.69) is 27.6 Å². The van der Waals surface area contributed by atoms with Crippen molar-refractivity contribution < 1.29 is 9.53 Å². The molecule has 4 aromatic rings. The summed E-state index contributed by atoms with van der Waals surface area (Å²) in [7, 11) is 1.63. The summed E-state index contributed by atoms with van der Waals surface area (Å²) in [6.45, 7) is 3.38. The van der Waals surface area contributed by atoms with E-state index in [9.17, 15) is 4.79 Å². The first-order valence-electron chi connectivity index (χ1n) is 9.76. The van der Waals surface area contributed by atoms with Crippen molar-refractivity contribution in [2.75, 3.05) is 19.0 Å². The highest BCUT2D eigenvalue weighted by Crippen LogP contribution is 2.26. The lowest BCUT2D eigenvalue weighted by Crippen LogP contribution is -2.21. The summed E-state index contributed by atoms with van der Waals surface area (Å²) in [5, 5.41) is 12.6. The molecular weight excluding hydrogens is 398 g/mol. The monoisotopic (exact) mass is 421 g/mol. The molecule has 0 bridgehead atoms. The van der Waals surface area contributed by atoms with Crippen molar-refractivity contribution in [3.63, 3.8) is 0 Å². The highest BCUT2D eigenvalue weighted by molar-refractivity contribution is 7.12. The van der Waals surface area contributed by atoms with Crippen LogP contribution in [-0.2, 0) is 6.54 Å². The van der Waals surface area contributed by atoms with Gasteiger partial charge in [0.25, 0.3) is 5.91 Å². The average Bonchev–Trinajstić information content (AvgIpc) is 3.42. The third-order valence-corrected chi connectivity index (χ3v) is 5.54. The first kappa shape index (κ1) is 19.9. The molecule has 30 heavy (non-hydrogen) atoms. The van der Waals surface area contributed by atoms with Gasteiger partial charge in [-0.2, -0.15) is 4.98 Å². The molecule has 0 spiro atoms. The molecule has 0 unspecified atom stereocenters. The first-order chi connectivity index (χ1) is 14.7. The zero-order valence-corrected chi connectivity index (χ0v) is 17.7. The molecule has 3 heterocycles. The lowest BCUT2D eigenvalue weighted by molar-refractivity contribution is 0.0955. The van der Waals surface area contributed by atoms with Crippen LogP contribution in [0.25, 0.3) is 16.8 Å². The van der Waals surface area contributed by atoms with Crippen LogP contribution in [0.15, 0.2) is 54.0 Å². The Morgan fingerprint density at radius 1 is 1.20 bits per heavy atom. The van der Waals surface area contributed by atoms with Gasteiger partial charge in [0.15, 0.2) is 5.65 Å². The van der Waals surface area contributed by atoms with E-state index in [0.717, 1.165) is 41.1 Å². The Balaban J connectivity index is 1.45. The summed E-state index contributed by atoms with van der Waals surface area (Å²) in [5.74, 6) is 1.30. The molecule has 0 atom stereocenters. The summed E-state index contributed by atoms with van der Waals surface area (Å²) >= 11 is 1.42. The fourth-order valence-corrected chi connectivity index (χ4v) is 3.86. The quantitative estimate of drug-likeness (QED) is 0.445. The average molecular weight is 422 g/mol. The maximum atomic E-state index is 12.6. The molecule has 8 heteroatoms. The Bertz CT molecular complexity index is 1170. The minimum atomic E-state index is -0.0954. The predicted octanol–water partition coefficient (Wildman–Crippen LogP) is 4.22. The largest absolute Gasteiger partial charge is 0.497 e. The second kappa shape index (κ2) is 8.96. The molecule has 7 nitrogen and oxygen atoms in total. The van der Waals surface area contributed by atoms with E-state index < -0.39 is 0 Å². The number of amides is 1. The van der Waals surface area contributed by atoms with Crippen LogP contribution in [0.2, 0.25) is 0 Å². The number of hydrogen-bond acceptors (Lipinski definition) is 6. The van der Waals surface area contributed by atoms with Crippen molar-refractivity contribution in [3.05, 3.63) is 64.5 Å². The Morgan fingerprint density at radius 3 is 2.93 bits per heavy atom. The van der Waals surface area contributed by atoms with Gasteiger partial charge in [0, 0.05) is 24.8 Å². The Hall–Kier alpha value is -3.39. The highest BCUT2D eigenvalue weighted by atomic mass is 32.1. The Morgan fingerprint density at radius 2 is 2.10 bits per heavy atom. The number of hydrogen-bond donors (Lipinski definition) is 2. The van der Waals surface area contributed by atoms with Gasteiger partial charge in [0.2, 0.25) is 5.95 Å². The van der Waals surface area contributed by atoms with E-state index in [1.54, 1.807) is 11.6 Å². The minimum absolute atomic E-state index is 0.0954. The molecule has 3 aromatic heterocycles. The number of ether oxygens (including phenoxy) is 1. The number of benzene rings is 1. The number of nitrogens with one attached hydrogen (secondary N) is 2. The molecule has 0 fully saturated rings. The smallest absolute Gasteiger partial charge is 0.261 e. The maximum Gasteiger partial charge on any atom is 0.261 e. The number of nitrogens with zero attached hydrogens (tertiary/aromatic N) is 3.